The molecule has 5 nitrogen and oxygen atoms in total. The average molecular weight is 246 g/mol. The molecule has 1 aliphatic rings. The van der Waals surface area contributed by atoms with Crippen LogP contribution in [0, 0.1) is 0 Å². The first-order valence-electron chi connectivity index (χ1n) is 6.43. The van der Waals surface area contributed by atoms with Crippen LogP contribution in [0.5, 0.6) is 0 Å². The second-order valence-electron chi connectivity index (χ2n) is 4.72. The van der Waals surface area contributed by atoms with Gasteiger partial charge in [0, 0.05) is 18.8 Å². The van der Waals surface area contributed by atoms with E-state index in [1.807, 2.05) is 18.2 Å². The molecule has 96 valence electrons. The Bertz CT molecular complexity index is 531. The van der Waals surface area contributed by atoms with Gasteiger partial charge in [0.25, 0.3) is 6.01 Å². The zero-order valence-corrected chi connectivity index (χ0v) is 10.4. The molecule has 0 spiro atoms. The summed E-state index contributed by atoms with van der Waals surface area (Å²) in [5, 5.41) is 3.22. The van der Waals surface area contributed by atoms with Crippen molar-refractivity contribution in [1.29, 1.82) is 0 Å². The van der Waals surface area contributed by atoms with Gasteiger partial charge in [-0.25, -0.2) is 0 Å². The van der Waals surface area contributed by atoms with Crippen molar-refractivity contribution in [3.63, 3.8) is 0 Å². The molecule has 5 heteroatoms. The minimum Gasteiger partial charge on any atom is -0.424 e. The van der Waals surface area contributed by atoms with Gasteiger partial charge in [0.1, 0.15) is 5.52 Å². The van der Waals surface area contributed by atoms with E-state index in [9.17, 15) is 0 Å². The molecule has 0 unspecified atom stereocenters. The van der Waals surface area contributed by atoms with Crippen LogP contribution in [-0.4, -0.2) is 36.1 Å². The van der Waals surface area contributed by atoms with Crippen LogP contribution in [0.3, 0.4) is 0 Å². The van der Waals surface area contributed by atoms with Crippen LogP contribution in [0.15, 0.2) is 22.6 Å². The highest BCUT2D eigenvalue weighted by Crippen LogP contribution is 2.20. The van der Waals surface area contributed by atoms with E-state index in [-0.39, 0.29) is 0 Å². The number of rotatable bonds is 4. The van der Waals surface area contributed by atoms with E-state index >= 15 is 0 Å². The lowest BCUT2D eigenvalue weighted by Gasteiger charge is -2.13. The normalized spacial score (nSPS) is 16.4. The molecule has 1 aromatic carbocycles. The molecule has 1 fully saturated rings. The van der Waals surface area contributed by atoms with Gasteiger partial charge >= 0.3 is 0 Å². The number of nitrogens with zero attached hydrogens (tertiary/aromatic N) is 2. The summed E-state index contributed by atoms with van der Waals surface area (Å²) in [6.07, 6.45) is 2.64. The summed E-state index contributed by atoms with van der Waals surface area (Å²) >= 11 is 0. The molecular formula is C13H18N4O. The first-order valence-corrected chi connectivity index (χ1v) is 6.43. The van der Waals surface area contributed by atoms with E-state index in [1.54, 1.807) is 0 Å². The number of anilines is 2. The number of fused-ring (bicyclic) bond motifs is 1. The number of nitrogen functional groups attached to an aromatic ring is 1. The molecule has 1 saturated heterocycles. The van der Waals surface area contributed by atoms with E-state index in [0.717, 1.165) is 24.2 Å². The third-order valence-electron chi connectivity index (χ3n) is 3.31. The van der Waals surface area contributed by atoms with Gasteiger partial charge < -0.3 is 20.4 Å². The number of hydrogen-bond acceptors (Lipinski definition) is 5. The van der Waals surface area contributed by atoms with Gasteiger partial charge in [-0.2, -0.15) is 4.98 Å². The van der Waals surface area contributed by atoms with Crippen molar-refractivity contribution in [1.82, 2.24) is 9.88 Å². The van der Waals surface area contributed by atoms with E-state index in [1.165, 1.54) is 25.9 Å². The molecule has 2 heterocycles. The van der Waals surface area contributed by atoms with E-state index in [2.05, 4.69) is 15.2 Å². The zero-order valence-electron chi connectivity index (χ0n) is 10.4. The van der Waals surface area contributed by atoms with E-state index in [0.29, 0.717) is 11.7 Å². The van der Waals surface area contributed by atoms with Gasteiger partial charge in [-0.3, -0.25) is 0 Å². The Morgan fingerprint density at radius 2 is 2.17 bits per heavy atom. The minimum atomic E-state index is 0.579. The maximum absolute atomic E-state index is 5.71. The maximum Gasteiger partial charge on any atom is 0.295 e. The Balaban J connectivity index is 1.60. The molecule has 1 aromatic heterocycles. The number of oxazole rings is 1. The fraction of sp³-hybridized carbons (Fsp3) is 0.462. The number of nitrogens with two attached hydrogens (primary N) is 1. The van der Waals surface area contributed by atoms with Crippen molar-refractivity contribution in [3.05, 3.63) is 18.2 Å². The summed E-state index contributed by atoms with van der Waals surface area (Å²) in [6, 6.07) is 6.07. The largest absolute Gasteiger partial charge is 0.424 e. The van der Waals surface area contributed by atoms with Crippen molar-refractivity contribution in [2.45, 2.75) is 12.8 Å². The van der Waals surface area contributed by atoms with Gasteiger partial charge in [-0.1, -0.05) is 0 Å². The number of hydrogen-bond donors (Lipinski definition) is 2. The van der Waals surface area contributed by atoms with Crippen LogP contribution in [0.1, 0.15) is 12.8 Å². The summed E-state index contributed by atoms with van der Waals surface area (Å²) in [5.74, 6) is 0. The van der Waals surface area contributed by atoms with Crippen LogP contribution in [0.25, 0.3) is 11.1 Å². The SMILES string of the molecule is Nc1ccc2oc(NCCN3CCCC3)nc2c1. The summed E-state index contributed by atoms with van der Waals surface area (Å²) < 4.78 is 5.59. The molecule has 1 aliphatic heterocycles. The molecule has 0 saturated carbocycles. The van der Waals surface area contributed by atoms with Crippen LogP contribution in [-0.2, 0) is 0 Å². The van der Waals surface area contributed by atoms with E-state index in [4.69, 9.17) is 10.2 Å². The highest BCUT2D eigenvalue weighted by Gasteiger charge is 2.11. The first kappa shape index (κ1) is 11.3. The molecule has 2 aromatic rings. The number of nitrogens with one attached hydrogen (secondary N) is 1. The second kappa shape index (κ2) is 4.86. The number of aromatic nitrogens is 1. The molecule has 0 atom stereocenters. The second-order valence-corrected chi connectivity index (χ2v) is 4.72. The first-order chi connectivity index (χ1) is 8.81. The predicted octanol–water partition coefficient (Wildman–Crippen LogP) is 1.92. The Morgan fingerprint density at radius 3 is 3.00 bits per heavy atom. The third-order valence-corrected chi connectivity index (χ3v) is 3.31. The molecule has 18 heavy (non-hydrogen) atoms. The maximum atomic E-state index is 5.71. The smallest absolute Gasteiger partial charge is 0.295 e. The molecule has 3 N–H and O–H groups in total. The molecule has 0 bridgehead atoms. The number of benzene rings is 1. The van der Waals surface area contributed by atoms with Crippen molar-refractivity contribution in [3.8, 4) is 0 Å². The lowest BCUT2D eigenvalue weighted by Crippen LogP contribution is -2.25. The summed E-state index contributed by atoms with van der Waals surface area (Å²) in [6.45, 7) is 4.33. The highest BCUT2D eigenvalue weighted by molar-refractivity contribution is 5.78. The van der Waals surface area contributed by atoms with Gasteiger partial charge in [0.2, 0.25) is 0 Å². The fourth-order valence-corrected chi connectivity index (χ4v) is 2.35. The standard InChI is InChI=1S/C13H18N4O/c14-10-3-4-12-11(9-10)16-13(18-12)15-5-8-17-6-1-2-7-17/h3-4,9H,1-2,5-8,14H2,(H,15,16). The van der Waals surface area contributed by atoms with Gasteiger partial charge in [-0.05, 0) is 44.1 Å². The summed E-state index contributed by atoms with van der Waals surface area (Å²) in [5.41, 5.74) is 7.99. The van der Waals surface area contributed by atoms with Gasteiger partial charge in [0.15, 0.2) is 5.58 Å². The summed E-state index contributed by atoms with van der Waals surface area (Å²) in [7, 11) is 0. The van der Waals surface area contributed by atoms with Crippen molar-refractivity contribution >= 4 is 22.8 Å². The van der Waals surface area contributed by atoms with Crippen molar-refractivity contribution < 1.29 is 4.42 Å². The quantitative estimate of drug-likeness (QED) is 0.807. The molecule has 0 amide bonds. The number of likely N-dealkylation sites (tertiary alicyclic amines) is 1. The molecule has 0 aliphatic carbocycles. The highest BCUT2D eigenvalue weighted by atomic mass is 16.4. The molecule has 3 rings (SSSR count). The Morgan fingerprint density at radius 1 is 1.33 bits per heavy atom. The van der Waals surface area contributed by atoms with Crippen LogP contribution >= 0.6 is 0 Å². The zero-order chi connectivity index (χ0) is 12.4. The Labute approximate surface area is 106 Å². The van der Waals surface area contributed by atoms with Crippen molar-refractivity contribution in [2.24, 2.45) is 0 Å². The average Bonchev–Trinajstić information content (AvgIpc) is 2.97. The Kier molecular flexibility index (Phi) is 3.06. The minimum absolute atomic E-state index is 0.579. The van der Waals surface area contributed by atoms with Crippen LogP contribution in [0.2, 0.25) is 0 Å². The lowest BCUT2D eigenvalue weighted by atomic mass is 10.3. The predicted molar refractivity (Wildman–Crippen MR) is 72.6 cm³/mol. The Hall–Kier alpha value is -1.75. The summed E-state index contributed by atoms with van der Waals surface area (Å²) in [4.78, 5) is 6.81. The van der Waals surface area contributed by atoms with Crippen LogP contribution in [0.4, 0.5) is 11.7 Å². The fourth-order valence-electron chi connectivity index (χ4n) is 2.35. The monoisotopic (exact) mass is 246 g/mol. The van der Waals surface area contributed by atoms with Crippen molar-refractivity contribution in [2.75, 3.05) is 37.2 Å². The third kappa shape index (κ3) is 2.41. The topological polar surface area (TPSA) is 67.3 Å². The molecule has 0 radical (unpaired) electrons. The van der Waals surface area contributed by atoms with Crippen LogP contribution < -0.4 is 11.1 Å². The molecular weight excluding hydrogens is 228 g/mol. The van der Waals surface area contributed by atoms with E-state index < -0.39 is 0 Å². The lowest BCUT2D eigenvalue weighted by molar-refractivity contribution is 0.351. The van der Waals surface area contributed by atoms with Gasteiger partial charge in [0.05, 0.1) is 0 Å². The van der Waals surface area contributed by atoms with Gasteiger partial charge in [-0.15, -0.1) is 0 Å².